The quantitative estimate of drug-likeness (QED) is 0.593. The summed E-state index contributed by atoms with van der Waals surface area (Å²) in [5, 5.41) is 13.9. The van der Waals surface area contributed by atoms with Crippen LogP contribution in [0.1, 0.15) is 31.7 Å². The minimum Gasteiger partial charge on any atom is -0.372 e. The number of anilines is 4. The first-order valence-corrected chi connectivity index (χ1v) is 12.5. The van der Waals surface area contributed by atoms with E-state index in [1.807, 2.05) is 11.0 Å². The van der Waals surface area contributed by atoms with E-state index in [0.29, 0.717) is 18.4 Å². The van der Waals surface area contributed by atoms with Crippen LogP contribution in [0.25, 0.3) is 6.08 Å². The predicted octanol–water partition coefficient (Wildman–Crippen LogP) is 3.64. The van der Waals surface area contributed by atoms with E-state index >= 15 is 0 Å². The van der Waals surface area contributed by atoms with E-state index in [1.54, 1.807) is 17.2 Å². The van der Waals surface area contributed by atoms with Gasteiger partial charge in [-0.1, -0.05) is 13.5 Å². The van der Waals surface area contributed by atoms with Gasteiger partial charge in [-0.2, -0.15) is 4.98 Å². The minimum atomic E-state index is -0.734. The zero-order chi connectivity index (χ0) is 24.4. The summed E-state index contributed by atoms with van der Waals surface area (Å²) >= 11 is 0. The molecule has 3 aliphatic heterocycles. The highest BCUT2D eigenvalue weighted by Crippen LogP contribution is 2.30. The van der Waals surface area contributed by atoms with Gasteiger partial charge in [0.25, 0.3) is 0 Å². The number of likely N-dealkylation sites (tertiary alicyclic amines) is 1. The Bertz CT molecular complexity index is 1090. The number of nitrogens with one attached hydrogen (secondary N) is 1. The molecule has 8 heteroatoms. The molecule has 1 amide bonds. The summed E-state index contributed by atoms with van der Waals surface area (Å²) in [6.45, 7) is 10.2. The molecule has 5 rings (SSSR count). The molecule has 0 bridgehead atoms. The lowest BCUT2D eigenvalue weighted by Gasteiger charge is -2.40. The first-order valence-electron chi connectivity index (χ1n) is 12.5. The average Bonchev–Trinajstić information content (AvgIpc) is 2.85. The first-order chi connectivity index (χ1) is 17.0. The lowest BCUT2D eigenvalue weighted by Crippen LogP contribution is -2.50. The monoisotopic (exact) mass is 474 g/mol. The zero-order valence-corrected chi connectivity index (χ0v) is 20.3. The van der Waals surface area contributed by atoms with Crippen molar-refractivity contribution in [3.8, 4) is 0 Å². The zero-order valence-electron chi connectivity index (χ0n) is 20.3. The summed E-state index contributed by atoms with van der Waals surface area (Å²) in [6.07, 6.45) is 9.39. The minimum absolute atomic E-state index is 0.0189. The van der Waals surface area contributed by atoms with Gasteiger partial charge in [-0.05, 0) is 73.6 Å². The van der Waals surface area contributed by atoms with Crippen molar-refractivity contribution >= 4 is 35.1 Å². The van der Waals surface area contributed by atoms with Crippen molar-refractivity contribution in [2.75, 3.05) is 47.8 Å². The average molecular weight is 475 g/mol. The summed E-state index contributed by atoms with van der Waals surface area (Å²) in [6, 6.07) is 8.42. The maximum absolute atomic E-state index is 11.7. The summed E-state index contributed by atoms with van der Waals surface area (Å²) in [7, 11) is 0. The molecular formula is C27H34N6O2. The number of nitrogens with zero attached hydrogens (tertiary/aromatic N) is 5. The fourth-order valence-corrected chi connectivity index (χ4v) is 4.98. The Labute approximate surface area is 207 Å². The normalized spacial score (nSPS) is 20.4. The molecular weight excluding hydrogens is 440 g/mol. The Morgan fingerprint density at radius 3 is 2.69 bits per heavy atom. The molecule has 1 aromatic heterocycles. The Kier molecular flexibility index (Phi) is 6.72. The molecule has 35 heavy (non-hydrogen) atoms. The second kappa shape index (κ2) is 10.1. The third kappa shape index (κ3) is 5.17. The second-order valence-corrected chi connectivity index (χ2v) is 9.88. The van der Waals surface area contributed by atoms with Gasteiger partial charge in [-0.3, -0.25) is 4.79 Å². The molecule has 2 fully saturated rings. The SMILES string of the molecule is C=CC(=O)N1CC(CCN2c3nc(Nc4ccc(N5CCC(C)CC5)cc4)ncc3C=CC2O)C1. The Hall–Kier alpha value is -3.39. The van der Waals surface area contributed by atoms with Crippen LogP contribution in [0, 0.1) is 11.8 Å². The van der Waals surface area contributed by atoms with Crippen LogP contribution in [-0.2, 0) is 4.79 Å². The van der Waals surface area contributed by atoms with Gasteiger partial charge in [0.2, 0.25) is 11.9 Å². The smallest absolute Gasteiger partial charge is 0.245 e. The molecule has 8 nitrogen and oxygen atoms in total. The molecule has 0 aliphatic carbocycles. The van der Waals surface area contributed by atoms with Gasteiger partial charge >= 0.3 is 0 Å². The van der Waals surface area contributed by atoms with Gasteiger partial charge in [0.15, 0.2) is 0 Å². The largest absolute Gasteiger partial charge is 0.372 e. The molecule has 2 aromatic rings. The lowest BCUT2D eigenvalue weighted by molar-refractivity contribution is -0.132. The topological polar surface area (TPSA) is 84.8 Å². The molecule has 0 radical (unpaired) electrons. The molecule has 0 spiro atoms. The van der Waals surface area contributed by atoms with Crippen LogP contribution in [-0.4, -0.2) is 64.8 Å². The van der Waals surface area contributed by atoms with Gasteiger partial charge < -0.3 is 25.1 Å². The number of carbonyl (C=O) groups excluding carboxylic acids is 1. The molecule has 3 aliphatic rings. The van der Waals surface area contributed by atoms with E-state index in [1.165, 1.54) is 24.6 Å². The van der Waals surface area contributed by atoms with Crippen molar-refractivity contribution in [2.24, 2.45) is 11.8 Å². The van der Waals surface area contributed by atoms with Crippen molar-refractivity contribution in [2.45, 2.75) is 32.4 Å². The fraction of sp³-hybridized carbons (Fsp3) is 0.444. The molecule has 1 aromatic carbocycles. The Morgan fingerprint density at radius 2 is 1.97 bits per heavy atom. The van der Waals surface area contributed by atoms with Gasteiger partial charge in [0, 0.05) is 55.9 Å². The number of rotatable bonds is 7. The number of amides is 1. The summed E-state index contributed by atoms with van der Waals surface area (Å²) in [5.74, 6) is 2.43. The van der Waals surface area contributed by atoms with Crippen LogP contribution in [0.2, 0.25) is 0 Å². The second-order valence-electron chi connectivity index (χ2n) is 9.88. The van der Waals surface area contributed by atoms with Crippen molar-refractivity contribution in [1.29, 1.82) is 0 Å². The summed E-state index contributed by atoms with van der Waals surface area (Å²) in [4.78, 5) is 27.0. The van der Waals surface area contributed by atoms with Gasteiger partial charge in [0.1, 0.15) is 12.0 Å². The van der Waals surface area contributed by atoms with Crippen LogP contribution >= 0.6 is 0 Å². The number of fused-ring (bicyclic) bond motifs is 1. The molecule has 4 heterocycles. The predicted molar refractivity (Wildman–Crippen MR) is 140 cm³/mol. The van der Waals surface area contributed by atoms with Gasteiger partial charge in [-0.15, -0.1) is 0 Å². The van der Waals surface area contributed by atoms with Gasteiger partial charge in [0.05, 0.1) is 0 Å². The maximum Gasteiger partial charge on any atom is 0.245 e. The van der Waals surface area contributed by atoms with Crippen LogP contribution in [0.3, 0.4) is 0 Å². The molecule has 2 saturated heterocycles. The molecule has 2 N–H and O–H groups in total. The fourth-order valence-electron chi connectivity index (χ4n) is 4.98. The highest BCUT2D eigenvalue weighted by molar-refractivity contribution is 5.87. The van der Waals surface area contributed by atoms with Crippen molar-refractivity contribution < 1.29 is 9.90 Å². The van der Waals surface area contributed by atoms with Crippen molar-refractivity contribution in [1.82, 2.24) is 14.9 Å². The third-order valence-corrected chi connectivity index (χ3v) is 7.33. The van der Waals surface area contributed by atoms with Crippen LogP contribution in [0.4, 0.5) is 23.1 Å². The van der Waals surface area contributed by atoms with E-state index < -0.39 is 6.23 Å². The number of benzene rings is 1. The first kappa shape index (κ1) is 23.4. The molecule has 1 unspecified atom stereocenters. The van der Waals surface area contributed by atoms with Gasteiger partial charge in [-0.25, -0.2) is 4.98 Å². The summed E-state index contributed by atoms with van der Waals surface area (Å²) < 4.78 is 0. The number of aliphatic hydroxyl groups excluding tert-OH is 1. The third-order valence-electron chi connectivity index (χ3n) is 7.33. The van der Waals surface area contributed by atoms with Crippen LogP contribution in [0.15, 0.2) is 49.2 Å². The maximum atomic E-state index is 11.7. The lowest BCUT2D eigenvalue weighted by atomic mass is 9.95. The number of aliphatic hydroxyl groups is 1. The Morgan fingerprint density at radius 1 is 1.23 bits per heavy atom. The van der Waals surface area contributed by atoms with E-state index in [-0.39, 0.29) is 5.91 Å². The molecule has 0 saturated carbocycles. The summed E-state index contributed by atoms with van der Waals surface area (Å²) in [5.41, 5.74) is 3.06. The number of carbonyl (C=O) groups is 1. The standard InChI is InChI=1S/C27H34N6O2/c1-3-24(34)32-17-20(18-32)12-15-33-25(35)9-4-21-16-28-27(30-26(21)33)29-22-5-7-23(8-6-22)31-13-10-19(2)11-14-31/h3-9,16,19-20,25,35H,1,10-15,17-18H2,2H3,(H,28,29,30). The van der Waals surface area contributed by atoms with E-state index in [4.69, 9.17) is 4.98 Å². The van der Waals surface area contributed by atoms with Crippen LogP contribution < -0.4 is 15.1 Å². The number of aromatic nitrogens is 2. The number of piperidine rings is 1. The molecule has 184 valence electrons. The van der Waals surface area contributed by atoms with Crippen molar-refractivity contribution in [3.63, 3.8) is 0 Å². The van der Waals surface area contributed by atoms with Crippen molar-refractivity contribution in [3.05, 3.63) is 54.8 Å². The number of hydrogen-bond acceptors (Lipinski definition) is 7. The van der Waals surface area contributed by atoms with E-state index in [0.717, 1.165) is 55.6 Å². The highest BCUT2D eigenvalue weighted by Gasteiger charge is 2.31. The van der Waals surface area contributed by atoms with E-state index in [2.05, 4.69) is 53.0 Å². The van der Waals surface area contributed by atoms with Crippen LogP contribution in [0.5, 0.6) is 0 Å². The Balaban J connectivity index is 1.22. The number of hydrogen-bond donors (Lipinski definition) is 2. The van der Waals surface area contributed by atoms with E-state index in [9.17, 15) is 9.90 Å². The molecule has 1 atom stereocenters. The highest BCUT2D eigenvalue weighted by atomic mass is 16.3.